The monoisotopic (exact) mass is 277 g/mol. The topological polar surface area (TPSA) is 41.5 Å². The molecule has 1 heterocycles. The van der Waals surface area contributed by atoms with Crippen molar-refractivity contribution in [2.45, 2.75) is 38.6 Å². The first-order valence-corrected chi connectivity index (χ1v) is 7.51. The van der Waals surface area contributed by atoms with Gasteiger partial charge in [0.15, 0.2) is 0 Å². The second-order valence-electron chi connectivity index (χ2n) is 6.58. The Morgan fingerprint density at radius 1 is 1.30 bits per heavy atom. The molecule has 0 aliphatic carbocycles. The van der Waals surface area contributed by atoms with Crippen molar-refractivity contribution in [1.82, 2.24) is 5.32 Å². The molecule has 1 atom stereocenters. The zero-order valence-corrected chi connectivity index (χ0v) is 12.9. The molecule has 1 aromatic rings. The molecule has 0 amide bonds. The molecule has 1 aromatic carbocycles. The number of nitrogens with one attached hydrogen (secondary N) is 1. The number of aliphatic hydroxyl groups is 1. The van der Waals surface area contributed by atoms with E-state index in [0.717, 1.165) is 13.0 Å². The standard InChI is InChI=1S/C17H27NO2/c1-4-15(18-10-17(11-19)12-20-13-17)16(2,3)14-8-6-5-7-9-14/h5-9,15,18-19H,4,10-13H2,1-3H3. The SMILES string of the molecule is CCC(NCC1(CO)COC1)C(C)(C)c1ccccc1. The number of ether oxygens (including phenoxy) is 1. The molecule has 0 saturated carbocycles. The number of hydrogen-bond acceptors (Lipinski definition) is 3. The van der Waals surface area contributed by atoms with Crippen molar-refractivity contribution in [3.63, 3.8) is 0 Å². The molecule has 3 nitrogen and oxygen atoms in total. The van der Waals surface area contributed by atoms with Crippen molar-refractivity contribution in [3.8, 4) is 0 Å². The van der Waals surface area contributed by atoms with Gasteiger partial charge in [-0.2, -0.15) is 0 Å². The van der Waals surface area contributed by atoms with Crippen LogP contribution in [-0.4, -0.2) is 37.5 Å². The summed E-state index contributed by atoms with van der Waals surface area (Å²) in [6.07, 6.45) is 1.06. The maximum Gasteiger partial charge on any atom is 0.0579 e. The molecule has 0 bridgehead atoms. The first-order chi connectivity index (χ1) is 9.54. The highest BCUT2D eigenvalue weighted by molar-refractivity contribution is 5.25. The summed E-state index contributed by atoms with van der Waals surface area (Å²) < 4.78 is 5.27. The first-order valence-electron chi connectivity index (χ1n) is 7.51. The summed E-state index contributed by atoms with van der Waals surface area (Å²) in [6.45, 7) is 9.13. The summed E-state index contributed by atoms with van der Waals surface area (Å²) in [5.41, 5.74) is 1.35. The summed E-state index contributed by atoms with van der Waals surface area (Å²) in [6, 6.07) is 11.0. The molecule has 1 aliphatic heterocycles. The Bertz CT molecular complexity index is 407. The molecule has 1 fully saturated rings. The lowest BCUT2D eigenvalue weighted by Gasteiger charge is -2.43. The Balaban J connectivity index is 2.04. The van der Waals surface area contributed by atoms with Gasteiger partial charge >= 0.3 is 0 Å². The Morgan fingerprint density at radius 3 is 2.40 bits per heavy atom. The summed E-state index contributed by atoms with van der Waals surface area (Å²) >= 11 is 0. The van der Waals surface area contributed by atoms with Gasteiger partial charge in [0, 0.05) is 18.0 Å². The van der Waals surface area contributed by atoms with Gasteiger partial charge in [0.2, 0.25) is 0 Å². The van der Waals surface area contributed by atoms with Crippen LogP contribution in [0.4, 0.5) is 0 Å². The van der Waals surface area contributed by atoms with E-state index in [1.807, 2.05) is 0 Å². The molecule has 0 aromatic heterocycles. The summed E-state index contributed by atoms with van der Waals surface area (Å²) in [5, 5.41) is 13.2. The average molecular weight is 277 g/mol. The van der Waals surface area contributed by atoms with Crippen molar-refractivity contribution in [2.75, 3.05) is 26.4 Å². The van der Waals surface area contributed by atoms with Gasteiger partial charge in [0.25, 0.3) is 0 Å². The van der Waals surface area contributed by atoms with Gasteiger partial charge in [-0.05, 0) is 12.0 Å². The van der Waals surface area contributed by atoms with Crippen LogP contribution in [0.15, 0.2) is 30.3 Å². The predicted octanol–water partition coefficient (Wildman–Crippen LogP) is 2.34. The molecule has 2 rings (SSSR count). The molecule has 0 spiro atoms. The quantitative estimate of drug-likeness (QED) is 0.804. The minimum Gasteiger partial charge on any atom is -0.396 e. The van der Waals surface area contributed by atoms with E-state index >= 15 is 0 Å². The van der Waals surface area contributed by atoms with E-state index in [-0.39, 0.29) is 17.4 Å². The normalized spacial score (nSPS) is 19.4. The molecule has 1 aliphatic rings. The molecule has 2 N–H and O–H groups in total. The van der Waals surface area contributed by atoms with E-state index in [0.29, 0.717) is 19.3 Å². The van der Waals surface area contributed by atoms with E-state index < -0.39 is 0 Å². The van der Waals surface area contributed by atoms with Crippen LogP contribution in [0.3, 0.4) is 0 Å². The van der Waals surface area contributed by atoms with E-state index in [4.69, 9.17) is 4.74 Å². The van der Waals surface area contributed by atoms with Crippen LogP contribution < -0.4 is 5.32 Å². The molecule has 1 unspecified atom stereocenters. The molecule has 3 heteroatoms. The molecule has 0 radical (unpaired) electrons. The Hall–Kier alpha value is -0.900. The van der Waals surface area contributed by atoms with Crippen molar-refractivity contribution in [1.29, 1.82) is 0 Å². The van der Waals surface area contributed by atoms with E-state index in [9.17, 15) is 5.11 Å². The zero-order valence-electron chi connectivity index (χ0n) is 12.9. The lowest BCUT2D eigenvalue weighted by Crippen LogP contribution is -2.56. The molecule has 112 valence electrons. The van der Waals surface area contributed by atoms with Gasteiger partial charge in [-0.25, -0.2) is 0 Å². The fourth-order valence-electron chi connectivity index (χ4n) is 2.96. The Kier molecular flexibility index (Phi) is 4.84. The van der Waals surface area contributed by atoms with Crippen LogP contribution in [0.5, 0.6) is 0 Å². The maximum absolute atomic E-state index is 9.52. The Morgan fingerprint density at radius 2 is 1.95 bits per heavy atom. The minimum absolute atomic E-state index is 0.0667. The molecular weight excluding hydrogens is 250 g/mol. The van der Waals surface area contributed by atoms with Crippen LogP contribution in [-0.2, 0) is 10.2 Å². The second kappa shape index (κ2) is 6.25. The van der Waals surface area contributed by atoms with Crippen LogP contribution in [0, 0.1) is 5.41 Å². The third-order valence-corrected chi connectivity index (χ3v) is 4.67. The Labute approximate surface area is 122 Å². The summed E-state index contributed by atoms with van der Waals surface area (Å²) in [5.74, 6) is 0. The summed E-state index contributed by atoms with van der Waals surface area (Å²) in [7, 11) is 0. The molecule has 1 saturated heterocycles. The molecule has 20 heavy (non-hydrogen) atoms. The molecular formula is C17H27NO2. The van der Waals surface area contributed by atoms with Crippen molar-refractivity contribution in [2.24, 2.45) is 5.41 Å². The fourth-order valence-corrected chi connectivity index (χ4v) is 2.96. The van der Waals surface area contributed by atoms with E-state index in [2.05, 4.69) is 56.4 Å². The average Bonchev–Trinajstić information content (AvgIpc) is 2.43. The highest BCUT2D eigenvalue weighted by Gasteiger charge is 2.39. The number of aliphatic hydroxyl groups excluding tert-OH is 1. The third-order valence-electron chi connectivity index (χ3n) is 4.67. The third kappa shape index (κ3) is 3.05. The van der Waals surface area contributed by atoms with Gasteiger partial charge < -0.3 is 15.2 Å². The smallest absolute Gasteiger partial charge is 0.0579 e. The summed E-state index contributed by atoms with van der Waals surface area (Å²) in [4.78, 5) is 0. The predicted molar refractivity (Wildman–Crippen MR) is 81.9 cm³/mol. The van der Waals surface area contributed by atoms with Gasteiger partial charge in [-0.3, -0.25) is 0 Å². The van der Waals surface area contributed by atoms with E-state index in [1.54, 1.807) is 0 Å². The number of rotatable bonds is 7. The first kappa shape index (κ1) is 15.5. The van der Waals surface area contributed by atoms with Gasteiger partial charge in [0.1, 0.15) is 0 Å². The highest BCUT2D eigenvalue weighted by atomic mass is 16.5. The van der Waals surface area contributed by atoms with Crippen LogP contribution in [0.25, 0.3) is 0 Å². The van der Waals surface area contributed by atoms with Crippen LogP contribution >= 0.6 is 0 Å². The fraction of sp³-hybridized carbons (Fsp3) is 0.647. The second-order valence-corrected chi connectivity index (χ2v) is 6.58. The number of benzene rings is 1. The van der Waals surface area contributed by atoms with Crippen molar-refractivity contribution in [3.05, 3.63) is 35.9 Å². The zero-order chi connectivity index (χ0) is 14.6. The maximum atomic E-state index is 9.52. The van der Waals surface area contributed by atoms with Crippen LogP contribution in [0.1, 0.15) is 32.8 Å². The lowest BCUT2D eigenvalue weighted by molar-refractivity contribution is -0.135. The van der Waals surface area contributed by atoms with Crippen molar-refractivity contribution < 1.29 is 9.84 Å². The van der Waals surface area contributed by atoms with Gasteiger partial charge in [-0.1, -0.05) is 51.1 Å². The lowest BCUT2D eigenvalue weighted by atomic mass is 9.76. The van der Waals surface area contributed by atoms with E-state index in [1.165, 1.54) is 5.56 Å². The number of hydrogen-bond donors (Lipinski definition) is 2. The van der Waals surface area contributed by atoms with Crippen molar-refractivity contribution >= 4 is 0 Å². The largest absolute Gasteiger partial charge is 0.396 e. The highest BCUT2D eigenvalue weighted by Crippen LogP contribution is 2.31. The van der Waals surface area contributed by atoms with Gasteiger partial charge in [-0.15, -0.1) is 0 Å². The van der Waals surface area contributed by atoms with Crippen LogP contribution in [0.2, 0.25) is 0 Å². The van der Waals surface area contributed by atoms with Gasteiger partial charge in [0.05, 0.1) is 25.2 Å². The minimum atomic E-state index is -0.0693.